The molecule has 0 atom stereocenters. The number of hydrogen-bond donors (Lipinski definition) is 0. The van der Waals surface area contributed by atoms with E-state index in [1.54, 1.807) is 0 Å². The van der Waals surface area contributed by atoms with E-state index >= 15 is 0 Å². The lowest BCUT2D eigenvalue weighted by molar-refractivity contribution is -0.890. The topological polar surface area (TPSA) is 0 Å². The Morgan fingerprint density at radius 3 is 1.30 bits per heavy atom. The van der Waals surface area contributed by atoms with Gasteiger partial charge in [0.05, 0.1) is 27.2 Å². The van der Waals surface area contributed by atoms with Crippen LogP contribution >= 0.6 is 0 Å². The Bertz CT molecular complexity index is 180. The summed E-state index contributed by atoms with van der Waals surface area (Å²) in [6.07, 6.45) is 17.2. The summed E-state index contributed by atoms with van der Waals surface area (Å²) in [5.74, 6) is 0. The van der Waals surface area contributed by atoms with E-state index in [-0.39, 0.29) is 24.0 Å². The Labute approximate surface area is 146 Å². The molecule has 1 nitrogen and oxygen atoms in total. The largest absolute Gasteiger partial charge is 1.00 e. The Hall–Kier alpha value is 0.690. The minimum atomic E-state index is 0. The summed E-state index contributed by atoms with van der Waals surface area (Å²) in [6.45, 7) is 7.31. The summed E-state index contributed by atoms with van der Waals surface area (Å²) in [4.78, 5) is 0. The van der Waals surface area contributed by atoms with Crippen molar-refractivity contribution in [3.63, 3.8) is 0 Å². The van der Waals surface area contributed by atoms with Crippen LogP contribution in [0.1, 0.15) is 90.9 Å². The quantitative estimate of drug-likeness (QED) is 0.240. The van der Waals surface area contributed by atoms with Crippen LogP contribution < -0.4 is 24.0 Å². The van der Waals surface area contributed by atoms with Crippen molar-refractivity contribution in [2.24, 2.45) is 0 Å². The molecule has 0 aliphatic heterocycles. The smallest absolute Gasteiger partial charge is 0.0782 e. The van der Waals surface area contributed by atoms with Crippen LogP contribution in [0.2, 0.25) is 0 Å². The van der Waals surface area contributed by atoms with E-state index in [9.17, 15) is 0 Å². The third kappa shape index (κ3) is 16.7. The van der Waals surface area contributed by atoms with Crippen LogP contribution in [-0.2, 0) is 0 Å². The van der Waals surface area contributed by atoms with E-state index in [4.69, 9.17) is 0 Å². The second kappa shape index (κ2) is 16.1. The molecule has 0 amide bonds. The van der Waals surface area contributed by atoms with Gasteiger partial charge in [0.25, 0.3) is 0 Å². The Morgan fingerprint density at radius 2 is 0.850 bits per heavy atom. The van der Waals surface area contributed by atoms with Crippen LogP contribution in [0.25, 0.3) is 0 Å². The number of unbranched alkanes of at least 4 members (excludes halogenated alkanes) is 10. The van der Waals surface area contributed by atoms with E-state index in [0.717, 1.165) is 0 Å². The highest BCUT2D eigenvalue weighted by Crippen LogP contribution is 2.12. The van der Waals surface area contributed by atoms with Crippen molar-refractivity contribution in [3.8, 4) is 0 Å². The standard InChI is InChI=1S/C18H40N.HI/c1-5-7-9-10-11-12-13-14-15-16-18-19(3,4)17-8-6-2;/h5-18H2,1-4H3;1H/q+1;/p-1. The van der Waals surface area contributed by atoms with Crippen molar-refractivity contribution >= 4 is 0 Å². The average Bonchev–Trinajstić information content (AvgIpc) is 2.38. The fraction of sp³-hybridized carbons (Fsp3) is 1.00. The van der Waals surface area contributed by atoms with Crippen molar-refractivity contribution in [3.05, 3.63) is 0 Å². The zero-order valence-electron chi connectivity index (χ0n) is 14.7. The van der Waals surface area contributed by atoms with Crippen LogP contribution in [0.4, 0.5) is 0 Å². The molecule has 0 aromatic heterocycles. The van der Waals surface area contributed by atoms with Gasteiger partial charge in [-0.2, -0.15) is 0 Å². The van der Waals surface area contributed by atoms with Crippen molar-refractivity contribution in [1.82, 2.24) is 0 Å². The van der Waals surface area contributed by atoms with Crippen LogP contribution in [-0.4, -0.2) is 31.7 Å². The summed E-state index contributed by atoms with van der Waals surface area (Å²) >= 11 is 0. The number of halogens is 1. The third-order valence-electron chi connectivity index (χ3n) is 4.23. The molecule has 0 saturated heterocycles. The molecule has 2 heteroatoms. The van der Waals surface area contributed by atoms with Crippen molar-refractivity contribution in [2.75, 3.05) is 27.2 Å². The fourth-order valence-electron chi connectivity index (χ4n) is 2.73. The van der Waals surface area contributed by atoms with Gasteiger partial charge in [0, 0.05) is 0 Å². The van der Waals surface area contributed by atoms with Crippen molar-refractivity contribution < 1.29 is 28.5 Å². The summed E-state index contributed by atoms with van der Waals surface area (Å²) in [5, 5.41) is 0. The number of rotatable bonds is 14. The summed E-state index contributed by atoms with van der Waals surface area (Å²) in [6, 6.07) is 0. The highest BCUT2D eigenvalue weighted by molar-refractivity contribution is 4.47. The molecule has 0 radical (unpaired) electrons. The lowest BCUT2D eigenvalue weighted by Crippen LogP contribution is -3.00. The first-order valence-corrected chi connectivity index (χ1v) is 8.94. The maximum Gasteiger partial charge on any atom is 0.0782 e. The van der Waals surface area contributed by atoms with Gasteiger partial charge >= 0.3 is 0 Å². The van der Waals surface area contributed by atoms with Gasteiger partial charge in [-0.15, -0.1) is 0 Å². The number of hydrogen-bond acceptors (Lipinski definition) is 0. The van der Waals surface area contributed by atoms with Gasteiger partial charge in [-0.1, -0.05) is 71.6 Å². The van der Waals surface area contributed by atoms with E-state index in [2.05, 4.69) is 27.9 Å². The SMILES string of the molecule is CCCCCCCCCCCC[N+](C)(C)CCCC.[I-]. The molecule has 124 valence electrons. The summed E-state index contributed by atoms with van der Waals surface area (Å²) in [7, 11) is 4.78. The molecule has 0 fully saturated rings. The highest BCUT2D eigenvalue weighted by Gasteiger charge is 2.12. The van der Waals surface area contributed by atoms with Gasteiger partial charge in [0.1, 0.15) is 0 Å². The minimum Gasteiger partial charge on any atom is -1.00 e. The van der Waals surface area contributed by atoms with Crippen molar-refractivity contribution in [2.45, 2.75) is 90.9 Å². The van der Waals surface area contributed by atoms with Crippen LogP contribution in [0.5, 0.6) is 0 Å². The van der Waals surface area contributed by atoms with Gasteiger partial charge in [0.15, 0.2) is 0 Å². The average molecular weight is 397 g/mol. The second-order valence-electron chi connectivity index (χ2n) is 6.92. The molecule has 20 heavy (non-hydrogen) atoms. The van der Waals surface area contributed by atoms with Crippen molar-refractivity contribution in [1.29, 1.82) is 0 Å². The van der Waals surface area contributed by atoms with E-state index in [1.165, 1.54) is 94.6 Å². The molecule has 0 heterocycles. The lowest BCUT2D eigenvalue weighted by atomic mass is 10.1. The molecule has 0 aliphatic carbocycles. The van der Waals surface area contributed by atoms with E-state index < -0.39 is 0 Å². The maximum absolute atomic E-state index is 2.39. The molecular formula is C18H40IN. The third-order valence-corrected chi connectivity index (χ3v) is 4.23. The first kappa shape index (κ1) is 23.0. The van der Waals surface area contributed by atoms with Gasteiger partial charge in [-0.25, -0.2) is 0 Å². The normalized spacial score (nSPS) is 11.4. The molecular weight excluding hydrogens is 357 g/mol. The van der Waals surface area contributed by atoms with Gasteiger partial charge in [-0.05, 0) is 19.3 Å². The number of quaternary nitrogens is 1. The minimum absolute atomic E-state index is 0. The highest BCUT2D eigenvalue weighted by atomic mass is 127. The fourth-order valence-corrected chi connectivity index (χ4v) is 2.73. The molecule has 0 aromatic carbocycles. The Morgan fingerprint density at radius 1 is 0.500 bits per heavy atom. The molecule has 0 bridgehead atoms. The first-order chi connectivity index (χ1) is 9.12. The summed E-state index contributed by atoms with van der Waals surface area (Å²) < 4.78 is 1.23. The molecule has 0 aromatic rings. The number of nitrogens with zero attached hydrogens (tertiary/aromatic N) is 1. The van der Waals surface area contributed by atoms with Crippen LogP contribution in [0.15, 0.2) is 0 Å². The summed E-state index contributed by atoms with van der Waals surface area (Å²) in [5.41, 5.74) is 0. The van der Waals surface area contributed by atoms with Crippen LogP contribution in [0.3, 0.4) is 0 Å². The second-order valence-corrected chi connectivity index (χ2v) is 6.92. The molecule has 0 N–H and O–H groups in total. The monoisotopic (exact) mass is 397 g/mol. The Balaban J connectivity index is 0. The van der Waals surface area contributed by atoms with Gasteiger partial charge in [0.2, 0.25) is 0 Å². The lowest BCUT2D eigenvalue weighted by Gasteiger charge is -2.29. The zero-order chi connectivity index (χ0) is 14.4. The van der Waals surface area contributed by atoms with Crippen LogP contribution in [0, 0.1) is 0 Å². The molecule has 0 rings (SSSR count). The maximum atomic E-state index is 2.39. The zero-order valence-corrected chi connectivity index (χ0v) is 16.9. The van der Waals surface area contributed by atoms with Gasteiger partial charge in [-0.3, -0.25) is 0 Å². The molecule has 0 spiro atoms. The Kier molecular flexibility index (Phi) is 18.4. The van der Waals surface area contributed by atoms with Gasteiger partial charge < -0.3 is 28.5 Å². The predicted molar refractivity (Wildman–Crippen MR) is 88.6 cm³/mol. The van der Waals surface area contributed by atoms with E-state index in [0.29, 0.717) is 0 Å². The first-order valence-electron chi connectivity index (χ1n) is 8.94. The molecule has 0 saturated carbocycles. The van der Waals surface area contributed by atoms with E-state index in [1.807, 2.05) is 0 Å². The molecule has 0 aliphatic rings. The molecule has 0 unspecified atom stereocenters. The predicted octanol–water partition coefficient (Wildman–Crippen LogP) is 2.79.